The number of carbonyl (C=O) groups excluding carboxylic acids is 1. The number of hydrogen-bond donors (Lipinski definition) is 1. The minimum absolute atomic E-state index is 0.00842. The van der Waals surface area contributed by atoms with Crippen molar-refractivity contribution in [3.05, 3.63) is 87.1 Å². The molecule has 0 saturated heterocycles. The Morgan fingerprint density at radius 1 is 1.00 bits per heavy atom. The Kier molecular flexibility index (Phi) is 11.4. The summed E-state index contributed by atoms with van der Waals surface area (Å²) in [6, 6.07) is 11.2. The molecule has 0 aliphatic rings. The predicted octanol–water partition coefficient (Wildman–Crippen LogP) is 6.74. The molecule has 3 rings (SSSR count). The van der Waals surface area contributed by atoms with Gasteiger partial charge in [-0.3, -0.25) is 9.69 Å². The summed E-state index contributed by atoms with van der Waals surface area (Å²) in [6.07, 6.45) is -2.58. The zero-order chi connectivity index (χ0) is 28.4. The lowest BCUT2D eigenvalue weighted by Gasteiger charge is -2.22. The van der Waals surface area contributed by atoms with Crippen molar-refractivity contribution in [3.63, 3.8) is 0 Å². The first-order valence-electron chi connectivity index (χ1n) is 13.2. The van der Waals surface area contributed by atoms with Crippen LogP contribution in [0.5, 0.6) is 0 Å². The van der Waals surface area contributed by atoms with Gasteiger partial charge in [0.25, 0.3) is 5.91 Å². The molecule has 0 spiro atoms. The van der Waals surface area contributed by atoms with Gasteiger partial charge >= 0.3 is 6.18 Å². The van der Waals surface area contributed by atoms with E-state index in [1.807, 2.05) is 11.8 Å². The second-order valence-electron chi connectivity index (χ2n) is 9.64. The molecule has 0 bridgehead atoms. The molecule has 0 aliphatic heterocycles. The van der Waals surface area contributed by atoms with E-state index in [0.29, 0.717) is 29.4 Å². The van der Waals surface area contributed by atoms with Crippen LogP contribution in [0.4, 0.5) is 17.6 Å². The van der Waals surface area contributed by atoms with Crippen LogP contribution in [0.2, 0.25) is 0 Å². The largest absolute Gasteiger partial charge is 0.416 e. The monoisotopic (exact) mass is 564 g/mol. The van der Waals surface area contributed by atoms with E-state index < -0.39 is 11.7 Å². The van der Waals surface area contributed by atoms with E-state index >= 15 is 0 Å². The average molecular weight is 565 g/mol. The fourth-order valence-electron chi connectivity index (χ4n) is 4.33. The number of halogens is 4. The summed E-state index contributed by atoms with van der Waals surface area (Å²) < 4.78 is 53.1. The van der Waals surface area contributed by atoms with Gasteiger partial charge in [0.05, 0.1) is 12.1 Å². The highest BCUT2D eigenvalue weighted by Gasteiger charge is 2.30. The van der Waals surface area contributed by atoms with E-state index in [0.717, 1.165) is 50.2 Å². The number of alkyl halides is 3. The summed E-state index contributed by atoms with van der Waals surface area (Å²) in [5.74, 6) is -0.600. The SMILES string of the molecule is CCN(CC)CCCC(C)NC(=O)c1csc(CN(Cc2ccc(F)cc2)Cc2cccc(C(F)(F)F)c2)n1. The van der Waals surface area contributed by atoms with Gasteiger partial charge < -0.3 is 10.2 Å². The van der Waals surface area contributed by atoms with Crippen LogP contribution < -0.4 is 5.32 Å². The van der Waals surface area contributed by atoms with Crippen LogP contribution in [-0.2, 0) is 25.8 Å². The molecule has 1 heterocycles. The molecule has 1 N–H and O–H groups in total. The zero-order valence-corrected chi connectivity index (χ0v) is 23.4. The number of thiazole rings is 1. The van der Waals surface area contributed by atoms with Crippen molar-refractivity contribution in [3.8, 4) is 0 Å². The predicted molar refractivity (Wildman–Crippen MR) is 147 cm³/mol. The lowest BCUT2D eigenvalue weighted by molar-refractivity contribution is -0.137. The smallest absolute Gasteiger partial charge is 0.348 e. The second-order valence-corrected chi connectivity index (χ2v) is 10.6. The number of amides is 1. The van der Waals surface area contributed by atoms with Gasteiger partial charge in [-0.1, -0.05) is 44.2 Å². The molecule has 0 saturated carbocycles. The van der Waals surface area contributed by atoms with E-state index in [-0.39, 0.29) is 24.3 Å². The van der Waals surface area contributed by atoms with Gasteiger partial charge in [-0.25, -0.2) is 9.37 Å². The Balaban J connectivity index is 1.66. The molecule has 10 heteroatoms. The van der Waals surface area contributed by atoms with Crippen LogP contribution in [0.15, 0.2) is 53.9 Å². The van der Waals surface area contributed by atoms with Crippen molar-refractivity contribution in [1.82, 2.24) is 20.1 Å². The number of carbonyl (C=O) groups is 1. The fraction of sp³-hybridized carbons (Fsp3) is 0.448. The lowest BCUT2D eigenvalue weighted by Crippen LogP contribution is -2.34. The molecule has 1 aromatic heterocycles. The normalized spacial score (nSPS) is 12.7. The molecule has 3 aromatic rings. The first-order valence-corrected chi connectivity index (χ1v) is 14.1. The van der Waals surface area contributed by atoms with Crippen LogP contribution >= 0.6 is 11.3 Å². The quantitative estimate of drug-likeness (QED) is 0.220. The number of rotatable bonds is 14. The number of nitrogens with zero attached hydrogens (tertiary/aromatic N) is 3. The van der Waals surface area contributed by atoms with Crippen LogP contribution in [0.3, 0.4) is 0 Å². The number of benzene rings is 2. The number of nitrogens with one attached hydrogen (secondary N) is 1. The maximum atomic E-state index is 13.4. The molecule has 1 atom stereocenters. The zero-order valence-electron chi connectivity index (χ0n) is 22.6. The van der Waals surface area contributed by atoms with Crippen molar-refractivity contribution >= 4 is 17.2 Å². The van der Waals surface area contributed by atoms with Crippen LogP contribution in [-0.4, -0.2) is 46.4 Å². The molecule has 0 fully saturated rings. The van der Waals surface area contributed by atoms with E-state index in [9.17, 15) is 22.4 Å². The molecule has 1 amide bonds. The minimum atomic E-state index is -4.43. The van der Waals surface area contributed by atoms with Gasteiger partial charge in [-0.2, -0.15) is 13.2 Å². The van der Waals surface area contributed by atoms with Gasteiger partial charge in [0.2, 0.25) is 0 Å². The van der Waals surface area contributed by atoms with Gasteiger partial charge in [-0.05, 0) is 68.7 Å². The Bertz CT molecular complexity index is 1180. The standard InChI is InChI=1S/C29H36F4N4OS/c1-4-36(5-2)15-7-8-21(3)34-28(38)26-20-39-27(35-26)19-37(17-22-11-13-25(30)14-12-22)18-23-9-6-10-24(16-23)29(31,32)33/h6,9-14,16,20-21H,4-5,7-8,15,17-19H2,1-3H3,(H,34,38). The highest BCUT2D eigenvalue weighted by Crippen LogP contribution is 2.30. The third-order valence-corrected chi connectivity index (χ3v) is 7.34. The van der Waals surface area contributed by atoms with Crippen LogP contribution in [0.25, 0.3) is 0 Å². The molecule has 39 heavy (non-hydrogen) atoms. The van der Waals surface area contributed by atoms with Crippen molar-refractivity contribution < 1.29 is 22.4 Å². The van der Waals surface area contributed by atoms with Crippen LogP contribution in [0, 0.1) is 5.82 Å². The summed E-state index contributed by atoms with van der Waals surface area (Å²) in [6.45, 7) is 10.2. The summed E-state index contributed by atoms with van der Waals surface area (Å²) in [5, 5.41) is 5.38. The van der Waals surface area contributed by atoms with E-state index in [1.54, 1.807) is 23.6 Å². The molecule has 1 unspecified atom stereocenters. The van der Waals surface area contributed by atoms with Gasteiger partial charge in [-0.15, -0.1) is 11.3 Å². The number of hydrogen-bond acceptors (Lipinski definition) is 5. The maximum absolute atomic E-state index is 13.4. The Labute approximate surface area is 231 Å². The van der Waals surface area contributed by atoms with Crippen molar-refractivity contribution in [1.29, 1.82) is 0 Å². The maximum Gasteiger partial charge on any atom is 0.416 e. The van der Waals surface area contributed by atoms with Crippen LogP contribution in [0.1, 0.15) is 65.8 Å². The summed E-state index contributed by atoms with van der Waals surface area (Å²) >= 11 is 1.33. The van der Waals surface area contributed by atoms with Gasteiger partial charge in [0.15, 0.2) is 0 Å². The topological polar surface area (TPSA) is 48.5 Å². The molecule has 0 radical (unpaired) electrons. The molecule has 5 nitrogen and oxygen atoms in total. The molecular weight excluding hydrogens is 528 g/mol. The number of aromatic nitrogens is 1. The highest BCUT2D eigenvalue weighted by atomic mass is 32.1. The summed E-state index contributed by atoms with van der Waals surface area (Å²) in [4.78, 5) is 21.6. The lowest BCUT2D eigenvalue weighted by atomic mass is 10.1. The third-order valence-electron chi connectivity index (χ3n) is 6.51. The molecule has 212 valence electrons. The molecular formula is C29H36F4N4OS. The average Bonchev–Trinajstić information content (AvgIpc) is 3.36. The first kappa shape index (κ1) is 30.7. The third kappa shape index (κ3) is 10.0. The Hall–Kier alpha value is -2.82. The summed E-state index contributed by atoms with van der Waals surface area (Å²) in [5.41, 5.74) is 0.934. The Morgan fingerprint density at radius 2 is 1.69 bits per heavy atom. The fourth-order valence-corrected chi connectivity index (χ4v) is 5.15. The second kappa shape index (κ2) is 14.5. The highest BCUT2D eigenvalue weighted by molar-refractivity contribution is 7.09. The summed E-state index contributed by atoms with van der Waals surface area (Å²) in [7, 11) is 0. The Morgan fingerprint density at radius 3 is 2.36 bits per heavy atom. The first-order chi connectivity index (χ1) is 18.6. The van der Waals surface area contributed by atoms with E-state index in [1.165, 1.54) is 29.5 Å². The van der Waals surface area contributed by atoms with Gasteiger partial charge in [0.1, 0.15) is 16.5 Å². The van der Waals surface area contributed by atoms with E-state index in [2.05, 4.69) is 29.0 Å². The van der Waals surface area contributed by atoms with Crippen molar-refractivity contribution in [2.75, 3.05) is 19.6 Å². The molecule has 0 aliphatic carbocycles. The van der Waals surface area contributed by atoms with Crippen molar-refractivity contribution in [2.24, 2.45) is 0 Å². The van der Waals surface area contributed by atoms with Crippen molar-refractivity contribution in [2.45, 2.75) is 65.5 Å². The minimum Gasteiger partial charge on any atom is -0.348 e. The van der Waals surface area contributed by atoms with E-state index in [4.69, 9.17) is 0 Å². The van der Waals surface area contributed by atoms with Gasteiger partial charge in [0, 0.05) is 24.5 Å². The molecule has 2 aromatic carbocycles.